The number of aryl methyl sites for hydroxylation is 1. The molecular formula is C13H10N6O4. The number of hydrogen-bond acceptors (Lipinski definition) is 7. The standard InChI is InChI=1S/C13H10N6O4/c1-8-2-3-9(6-10(8)18-7-14-16-17-18)15-13(20)11-4-5-12(23-11)19(21)22/h2-7H,1H3,(H,15,20). The summed E-state index contributed by atoms with van der Waals surface area (Å²) in [6.07, 6.45) is 1.43. The first-order chi connectivity index (χ1) is 11.0. The lowest BCUT2D eigenvalue weighted by atomic mass is 10.2. The summed E-state index contributed by atoms with van der Waals surface area (Å²) in [5.74, 6) is -1.24. The highest BCUT2D eigenvalue weighted by Gasteiger charge is 2.17. The van der Waals surface area contributed by atoms with Gasteiger partial charge in [0, 0.05) is 5.69 Å². The SMILES string of the molecule is Cc1ccc(NC(=O)c2ccc([N+](=O)[O-])o2)cc1-n1cnnn1. The summed E-state index contributed by atoms with van der Waals surface area (Å²) in [7, 11) is 0. The highest BCUT2D eigenvalue weighted by atomic mass is 16.6. The van der Waals surface area contributed by atoms with Gasteiger partial charge in [-0.3, -0.25) is 14.9 Å². The molecule has 10 heteroatoms. The predicted molar refractivity (Wildman–Crippen MR) is 77.2 cm³/mol. The van der Waals surface area contributed by atoms with Crippen LogP contribution >= 0.6 is 0 Å². The number of nitrogens with one attached hydrogen (secondary N) is 1. The second-order valence-electron chi connectivity index (χ2n) is 4.60. The van der Waals surface area contributed by atoms with Crippen LogP contribution in [0.25, 0.3) is 5.69 Å². The van der Waals surface area contributed by atoms with Crippen molar-refractivity contribution >= 4 is 17.5 Å². The van der Waals surface area contributed by atoms with Crippen molar-refractivity contribution in [3.8, 4) is 5.69 Å². The third-order valence-corrected chi connectivity index (χ3v) is 3.06. The maximum Gasteiger partial charge on any atom is 0.433 e. The lowest BCUT2D eigenvalue weighted by Crippen LogP contribution is -2.11. The van der Waals surface area contributed by atoms with Gasteiger partial charge in [-0.15, -0.1) is 5.10 Å². The van der Waals surface area contributed by atoms with Gasteiger partial charge >= 0.3 is 5.88 Å². The molecule has 2 heterocycles. The van der Waals surface area contributed by atoms with Gasteiger partial charge in [0.25, 0.3) is 5.91 Å². The van der Waals surface area contributed by atoms with E-state index >= 15 is 0 Å². The van der Waals surface area contributed by atoms with Gasteiger partial charge in [0.2, 0.25) is 0 Å². The molecule has 2 aromatic heterocycles. The van der Waals surface area contributed by atoms with Crippen molar-refractivity contribution in [3.63, 3.8) is 0 Å². The molecular weight excluding hydrogens is 304 g/mol. The van der Waals surface area contributed by atoms with Gasteiger partial charge in [0.1, 0.15) is 11.3 Å². The number of tetrazole rings is 1. The smallest absolute Gasteiger partial charge is 0.395 e. The van der Waals surface area contributed by atoms with E-state index in [0.29, 0.717) is 11.4 Å². The van der Waals surface area contributed by atoms with E-state index in [9.17, 15) is 14.9 Å². The van der Waals surface area contributed by atoms with Crippen LogP contribution in [0.3, 0.4) is 0 Å². The number of aromatic nitrogens is 4. The first-order valence-electron chi connectivity index (χ1n) is 6.44. The summed E-state index contributed by atoms with van der Waals surface area (Å²) >= 11 is 0. The van der Waals surface area contributed by atoms with Crippen LogP contribution < -0.4 is 5.32 Å². The van der Waals surface area contributed by atoms with Gasteiger partial charge in [-0.2, -0.15) is 0 Å². The Balaban J connectivity index is 1.83. The number of nitro groups is 1. The van der Waals surface area contributed by atoms with Gasteiger partial charge in [0.05, 0.1) is 11.8 Å². The Morgan fingerprint density at radius 1 is 1.35 bits per heavy atom. The minimum atomic E-state index is -0.710. The van der Waals surface area contributed by atoms with Crippen LogP contribution in [0.1, 0.15) is 16.1 Å². The van der Waals surface area contributed by atoms with Crippen molar-refractivity contribution < 1.29 is 14.1 Å². The molecule has 0 aliphatic rings. The largest absolute Gasteiger partial charge is 0.433 e. The normalized spacial score (nSPS) is 10.5. The Bertz CT molecular complexity index is 870. The molecule has 0 aliphatic heterocycles. The minimum Gasteiger partial charge on any atom is -0.395 e. The molecule has 1 amide bonds. The van der Waals surface area contributed by atoms with Crippen LogP contribution in [0.2, 0.25) is 0 Å². The van der Waals surface area contributed by atoms with E-state index in [-0.39, 0.29) is 5.76 Å². The lowest BCUT2D eigenvalue weighted by molar-refractivity contribution is -0.402. The molecule has 3 rings (SSSR count). The van der Waals surface area contributed by atoms with Gasteiger partial charge < -0.3 is 9.73 Å². The molecule has 0 fully saturated rings. The highest BCUT2D eigenvalue weighted by Crippen LogP contribution is 2.20. The third kappa shape index (κ3) is 2.90. The summed E-state index contributed by atoms with van der Waals surface area (Å²) in [5, 5.41) is 24.1. The Morgan fingerprint density at radius 3 is 2.83 bits per heavy atom. The van der Waals surface area contributed by atoms with E-state index in [1.807, 2.05) is 6.92 Å². The number of carbonyl (C=O) groups is 1. The van der Waals surface area contributed by atoms with Crippen LogP contribution in [0, 0.1) is 17.0 Å². The Hall–Kier alpha value is -3.56. The highest BCUT2D eigenvalue weighted by molar-refractivity contribution is 6.02. The first-order valence-corrected chi connectivity index (χ1v) is 6.44. The van der Waals surface area contributed by atoms with E-state index in [4.69, 9.17) is 4.42 Å². The fourth-order valence-electron chi connectivity index (χ4n) is 1.95. The monoisotopic (exact) mass is 314 g/mol. The third-order valence-electron chi connectivity index (χ3n) is 3.06. The topological polar surface area (TPSA) is 129 Å². The van der Waals surface area contributed by atoms with Gasteiger partial charge in [-0.25, -0.2) is 4.68 Å². The number of rotatable bonds is 4. The zero-order valence-electron chi connectivity index (χ0n) is 11.8. The maximum absolute atomic E-state index is 12.1. The number of benzene rings is 1. The molecule has 1 aromatic carbocycles. The fourth-order valence-corrected chi connectivity index (χ4v) is 1.95. The van der Waals surface area contributed by atoms with Crippen LogP contribution in [0.5, 0.6) is 0 Å². The molecule has 10 nitrogen and oxygen atoms in total. The van der Waals surface area contributed by atoms with Crippen LogP contribution in [-0.4, -0.2) is 31.0 Å². The quantitative estimate of drug-likeness (QED) is 0.573. The zero-order chi connectivity index (χ0) is 16.4. The molecule has 0 bridgehead atoms. The van der Waals surface area contributed by atoms with Gasteiger partial charge in [-0.1, -0.05) is 6.07 Å². The Labute approximate surface area is 128 Å². The van der Waals surface area contributed by atoms with Crippen molar-refractivity contribution in [3.05, 3.63) is 58.1 Å². The number of nitrogens with zero attached hydrogens (tertiary/aromatic N) is 5. The average Bonchev–Trinajstić information content (AvgIpc) is 3.20. The van der Waals surface area contributed by atoms with Crippen LogP contribution in [-0.2, 0) is 0 Å². The molecule has 0 atom stereocenters. The average molecular weight is 314 g/mol. The van der Waals surface area contributed by atoms with Crippen molar-refractivity contribution in [2.24, 2.45) is 0 Å². The Kier molecular flexibility index (Phi) is 3.55. The summed E-state index contributed by atoms with van der Waals surface area (Å²) in [5.41, 5.74) is 2.08. The minimum absolute atomic E-state index is 0.152. The van der Waals surface area contributed by atoms with Gasteiger partial charge in [0.15, 0.2) is 5.76 Å². The molecule has 3 aromatic rings. The Morgan fingerprint density at radius 2 is 2.17 bits per heavy atom. The maximum atomic E-state index is 12.1. The van der Waals surface area contributed by atoms with E-state index < -0.39 is 16.7 Å². The number of hydrogen-bond donors (Lipinski definition) is 1. The first kappa shape index (κ1) is 14.4. The summed E-state index contributed by atoms with van der Waals surface area (Å²) in [6.45, 7) is 1.87. The molecule has 1 N–H and O–H groups in total. The number of anilines is 1. The summed E-state index contributed by atoms with van der Waals surface area (Å²) in [4.78, 5) is 21.9. The predicted octanol–water partition coefficient (Wildman–Crippen LogP) is 1.72. The second kappa shape index (κ2) is 5.67. The van der Waals surface area contributed by atoms with Crippen molar-refractivity contribution in [2.45, 2.75) is 6.92 Å². The van der Waals surface area contributed by atoms with E-state index in [2.05, 4.69) is 20.8 Å². The molecule has 0 aliphatic carbocycles. The summed E-state index contributed by atoms with van der Waals surface area (Å²) in [6, 6.07) is 7.52. The van der Waals surface area contributed by atoms with Crippen LogP contribution in [0.4, 0.5) is 11.6 Å². The number of carbonyl (C=O) groups excluding carboxylic acids is 1. The number of furan rings is 1. The number of amides is 1. The van der Waals surface area contributed by atoms with Gasteiger partial charge in [-0.05, 0) is 41.1 Å². The van der Waals surface area contributed by atoms with Crippen molar-refractivity contribution in [1.82, 2.24) is 20.2 Å². The molecule has 0 radical (unpaired) electrons. The zero-order valence-corrected chi connectivity index (χ0v) is 11.8. The second-order valence-corrected chi connectivity index (χ2v) is 4.60. The van der Waals surface area contributed by atoms with E-state index in [1.165, 1.54) is 17.1 Å². The van der Waals surface area contributed by atoms with E-state index in [1.54, 1.807) is 18.2 Å². The summed E-state index contributed by atoms with van der Waals surface area (Å²) < 4.78 is 6.32. The lowest BCUT2D eigenvalue weighted by Gasteiger charge is -2.08. The van der Waals surface area contributed by atoms with Crippen LogP contribution in [0.15, 0.2) is 41.1 Å². The van der Waals surface area contributed by atoms with E-state index in [0.717, 1.165) is 11.6 Å². The molecule has 0 spiro atoms. The molecule has 0 saturated heterocycles. The van der Waals surface area contributed by atoms with Crippen molar-refractivity contribution in [2.75, 3.05) is 5.32 Å². The molecule has 0 unspecified atom stereocenters. The van der Waals surface area contributed by atoms with Crippen molar-refractivity contribution in [1.29, 1.82) is 0 Å². The molecule has 116 valence electrons. The molecule has 0 saturated carbocycles. The molecule has 23 heavy (non-hydrogen) atoms. The fraction of sp³-hybridized carbons (Fsp3) is 0.0769.